The SMILES string of the molecule is O=C(NCC1CC1)NC(=O)c1ccccc1F. The van der Waals surface area contributed by atoms with Crippen LogP contribution < -0.4 is 10.6 Å². The lowest BCUT2D eigenvalue weighted by atomic mass is 10.2. The van der Waals surface area contributed by atoms with Gasteiger partial charge in [-0.25, -0.2) is 9.18 Å². The summed E-state index contributed by atoms with van der Waals surface area (Å²) in [4.78, 5) is 22.8. The van der Waals surface area contributed by atoms with E-state index >= 15 is 0 Å². The van der Waals surface area contributed by atoms with Crippen LogP contribution in [0.5, 0.6) is 0 Å². The summed E-state index contributed by atoms with van der Waals surface area (Å²) in [7, 11) is 0. The molecule has 1 aromatic carbocycles. The zero-order valence-corrected chi connectivity index (χ0v) is 9.20. The second-order valence-corrected chi connectivity index (χ2v) is 4.09. The Balaban J connectivity index is 1.87. The molecule has 2 rings (SSSR count). The highest BCUT2D eigenvalue weighted by Crippen LogP contribution is 2.27. The van der Waals surface area contributed by atoms with Crippen LogP contribution in [0.15, 0.2) is 24.3 Å². The monoisotopic (exact) mass is 236 g/mol. The van der Waals surface area contributed by atoms with E-state index in [4.69, 9.17) is 0 Å². The number of halogens is 1. The van der Waals surface area contributed by atoms with Gasteiger partial charge in [-0.15, -0.1) is 0 Å². The van der Waals surface area contributed by atoms with Crippen molar-refractivity contribution in [3.8, 4) is 0 Å². The van der Waals surface area contributed by atoms with Gasteiger partial charge >= 0.3 is 6.03 Å². The average molecular weight is 236 g/mol. The van der Waals surface area contributed by atoms with Gasteiger partial charge in [0.2, 0.25) is 0 Å². The van der Waals surface area contributed by atoms with Crippen molar-refractivity contribution in [2.75, 3.05) is 6.54 Å². The maximum Gasteiger partial charge on any atom is 0.321 e. The van der Waals surface area contributed by atoms with Crippen LogP contribution in [0, 0.1) is 11.7 Å². The lowest BCUT2D eigenvalue weighted by Crippen LogP contribution is -2.40. The molecule has 1 aromatic rings. The topological polar surface area (TPSA) is 58.2 Å². The summed E-state index contributed by atoms with van der Waals surface area (Å²) in [6, 6.07) is 4.96. The Morgan fingerprint density at radius 3 is 2.65 bits per heavy atom. The molecule has 1 aliphatic carbocycles. The van der Waals surface area contributed by atoms with Crippen molar-refractivity contribution < 1.29 is 14.0 Å². The van der Waals surface area contributed by atoms with E-state index in [1.54, 1.807) is 6.07 Å². The van der Waals surface area contributed by atoms with E-state index < -0.39 is 17.8 Å². The number of imide groups is 1. The molecule has 0 heterocycles. The molecule has 1 saturated carbocycles. The first-order valence-electron chi connectivity index (χ1n) is 5.50. The fraction of sp³-hybridized carbons (Fsp3) is 0.333. The first kappa shape index (κ1) is 11.6. The molecule has 90 valence electrons. The van der Waals surface area contributed by atoms with Gasteiger partial charge in [0.25, 0.3) is 5.91 Å². The van der Waals surface area contributed by atoms with Gasteiger partial charge < -0.3 is 5.32 Å². The van der Waals surface area contributed by atoms with Crippen molar-refractivity contribution in [2.24, 2.45) is 5.92 Å². The van der Waals surface area contributed by atoms with E-state index in [-0.39, 0.29) is 5.56 Å². The van der Waals surface area contributed by atoms with E-state index in [1.165, 1.54) is 18.2 Å². The van der Waals surface area contributed by atoms with Gasteiger partial charge in [-0.2, -0.15) is 0 Å². The van der Waals surface area contributed by atoms with Crippen molar-refractivity contribution in [1.82, 2.24) is 10.6 Å². The van der Waals surface area contributed by atoms with Crippen LogP contribution in [-0.2, 0) is 0 Å². The Bertz CT molecular complexity index is 444. The molecule has 4 nitrogen and oxygen atoms in total. The van der Waals surface area contributed by atoms with Crippen molar-refractivity contribution in [3.63, 3.8) is 0 Å². The fourth-order valence-corrected chi connectivity index (χ4v) is 1.42. The zero-order chi connectivity index (χ0) is 12.3. The normalized spacial score (nSPS) is 14.2. The molecular formula is C12H13FN2O2. The fourth-order valence-electron chi connectivity index (χ4n) is 1.42. The summed E-state index contributed by atoms with van der Waals surface area (Å²) in [5.41, 5.74) is -0.130. The number of amides is 3. The summed E-state index contributed by atoms with van der Waals surface area (Å²) in [5.74, 6) is -0.833. The highest BCUT2D eigenvalue weighted by atomic mass is 19.1. The molecular weight excluding hydrogens is 223 g/mol. The lowest BCUT2D eigenvalue weighted by Gasteiger charge is -2.06. The van der Waals surface area contributed by atoms with E-state index in [9.17, 15) is 14.0 Å². The van der Waals surface area contributed by atoms with Crippen LogP contribution >= 0.6 is 0 Å². The largest absolute Gasteiger partial charge is 0.338 e. The molecule has 0 spiro atoms. The molecule has 0 radical (unpaired) electrons. The Hall–Kier alpha value is -1.91. The van der Waals surface area contributed by atoms with Crippen molar-refractivity contribution >= 4 is 11.9 Å². The number of urea groups is 1. The van der Waals surface area contributed by atoms with Crippen molar-refractivity contribution in [3.05, 3.63) is 35.6 Å². The second-order valence-electron chi connectivity index (χ2n) is 4.09. The number of nitrogens with one attached hydrogen (secondary N) is 2. The van der Waals surface area contributed by atoms with Crippen LogP contribution in [-0.4, -0.2) is 18.5 Å². The molecule has 1 aliphatic rings. The zero-order valence-electron chi connectivity index (χ0n) is 9.20. The quantitative estimate of drug-likeness (QED) is 0.838. The number of carbonyl (C=O) groups excluding carboxylic acids is 2. The maximum atomic E-state index is 13.2. The van der Waals surface area contributed by atoms with Crippen LogP contribution in [0.3, 0.4) is 0 Å². The minimum atomic E-state index is -0.726. The number of hydrogen-bond donors (Lipinski definition) is 2. The summed E-state index contributed by atoms with van der Waals surface area (Å²) in [6.45, 7) is 0.566. The summed E-state index contributed by atoms with van der Waals surface area (Å²) < 4.78 is 13.2. The smallest absolute Gasteiger partial charge is 0.321 e. The lowest BCUT2D eigenvalue weighted by molar-refractivity contribution is 0.0960. The van der Waals surface area contributed by atoms with Gasteiger partial charge in [-0.05, 0) is 30.9 Å². The Labute approximate surface area is 98.2 Å². The van der Waals surface area contributed by atoms with Gasteiger partial charge in [0.1, 0.15) is 5.82 Å². The first-order chi connectivity index (χ1) is 8.16. The number of benzene rings is 1. The van der Waals surface area contributed by atoms with Gasteiger partial charge in [0.05, 0.1) is 5.56 Å². The predicted octanol–water partition coefficient (Wildman–Crippen LogP) is 1.68. The van der Waals surface area contributed by atoms with Gasteiger partial charge in [0.15, 0.2) is 0 Å². The molecule has 1 fully saturated rings. The molecule has 2 N–H and O–H groups in total. The Morgan fingerprint density at radius 2 is 2.00 bits per heavy atom. The summed E-state index contributed by atoms with van der Waals surface area (Å²) in [6.07, 6.45) is 2.23. The van der Waals surface area contributed by atoms with Gasteiger partial charge in [-0.3, -0.25) is 10.1 Å². The van der Waals surface area contributed by atoms with Crippen LogP contribution in [0.25, 0.3) is 0 Å². The molecule has 0 aromatic heterocycles. The average Bonchev–Trinajstić information content (AvgIpc) is 3.10. The number of rotatable bonds is 3. The Kier molecular flexibility index (Phi) is 3.37. The van der Waals surface area contributed by atoms with Gasteiger partial charge in [0, 0.05) is 6.54 Å². The molecule has 0 bridgehead atoms. The van der Waals surface area contributed by atoms with E-state index in [1.807, 2.05) is 0 Å². The second kappa shape index (κ2) is 4.95. The summed E-state index contributed by atoms with van der Waals surface area (Å²) in [5, 5.41) is 4.66. The molecule has 0 unspecified atom stereocenters. The molecule has 17 heavy (non-hydrogen) atoms. The molecule has 0 saturated heterocycles. The predicted molar refractivity (Wildman–Crippen MR) is 60.0 cm³/mol. The minimum Gasteiger partial charge on any atom is -0.338 e. The molecule has 3 amide bonds. The summed E-state index contributed by atoms with van der Waals surface area (Å²) >= 11 is 0. The van der Waals surface area contributed by atoms with E-state index in [0.29, 0.717) is 12.5 Å². The molecule has 0 aliphatic heterocycles. The third kappa shape index (κ3) is 3.27. The van der Waals surface area contributed by atoms with Crippen LogP contribution in [0.4, 0.5) is 9.18 Å². The number of carbonyl (C=O) groups is 2. The highest BCUT2D eigenvalue weighted by molar-refractivity contribution is 6.04. The molecule has 5 heteroatoms. The first-order valence-corrected chi connectivity index (χ1v) is 5.50. The van der Waals surface area contributed by atoms with Crippen molar-refractivity contribution in [1.29, 1.82) is 0 Å². The minimum absolute atomic E-state index is 0.130. The number of hydrogen-bond acceptors (Lipinski definition) is 2. The molecule has 0 atom stereocenters. The maximum absolute atomic E-state index is 13.2. The van der Waals surface area contributed by atoms with Crippen LogP contribution in [0.2, 0.25) is 0 Å². The highest BCUT2D eigenvalue weighted by Gasteiger charge is 2.22. The third-order valence-electron chi connectivity index (χ3n) is 2.59. The van der Waals surface area contributed by atoms with E-state index in [0.717, 1.165) is 12.8 Å². The van der Waals surface area contributed by atoms with Crippen molar-refractivity contribution in [2.45, 2.75) is 12.8 Å². The standard InChI is InChI=1S/C12H13FN2O2/c13-10-4-2-1-3-9(10)11(16)15-12(17)14-7-8-5-6-8/h1-4,8H,5-7H2,(H2,14,15,16,17). The Morgan fingerprint density at radius 1 is 1.29 bits per heavy atom. The third-order valence-corrected chi connectivity index (χ3v) is 2.59. The van der Waals surface area contributed by atoms with E-state index in [2.05, 4.69) is 10.6 Å². The van der Waals surface area contributed by atoms with Gasteiger partial charge in [-0.1, -0.05) is 12.1 Å². The van der Waals surface area contributed by atoms with Crippen LogP contribution in [0.1, 0.15) is 23.2 Å².